The fourth-order valence-electron chi connectivity index (χ4n) is 2.22. The molecule has 1 heterocycles. The third-order valence-corrected chi connectivity index (χ3v) is 4.01. The zero-order valence-corrected chi connectivity index (χ0v) is 12.8. The van der Waals surface area contributed by atoms with Crippen LogP contribution in [0.2, 0.25) is 0 Å². The lowest BCUT2D eigenvalue weighted by atomic mass is 10.1. The van der Waals surface area contributed by atoms with Crippen LogP contribution in [-0.2, 0) is 5.75 Å². The van der Waals surface area contributed by atoms with Crippen molar-refractivity contribution in [3.05, 3.63) is 72.4 Å². The van der Waals surface area contributed by atoms with Crippen molar-refractivity contribution in [2.45, 2.75) is 5.75 Å². The van der Waals surface area contributed by atoms with E-state index < -0.39 is 0 Å². The third kappa shape index (κ3) is 3.20. The molecule has 0 aliphatic heterocycles. The minimum absolute atomic E-state index is 0.117. The number of nitrogens with one attached hydrogen (secondary N) is 1. The second-order valence-corrected chi connectivity index (χ2v) is 5.82. The molecule has 22 heavy (non-hydrogen) atoms. The van der Waals surface area contributed by atoms with E-state index in [1.807, 2.05) is 71.5 Å². The van der Waals surface area contributed by atoms with Crippen LogP contribution in [0.4, 0.5) is 0 Å². The van der Waals surface area contributed by atoms with E-state index in [1.54, 1.807) is 0 Å². The number of thioether (sulfide) groups is 1. The van der Waals surface area contributed by atoms with E-state index in [2.05, 4.69) is 0 Å². The van der Waals surface area contributed by atoms with Gasteiger partial charge in [0.05, 0.1) is 11.4 Å². The van der Waals surface area contributed by atoms with E-state index in [1.165, 1.54) is 11.8 Å². The lowest BCUT2D eigenvalue weighted by Gasteiger charge is -2.01. The number of benzene rings is 2. The van der Waals surface area contributed by atoms with Crippen LogP contribution in [0.1, 0.15) is 5.56 Å². The van der Waals surface area contributed by atoms with Crippen LogP contribution in [0.3, 0.4) is 0 Å². The number of para-hydroxylation sites is 1. The molecule has 2 aromatic carbocycles. The highest BCUT2D eigenvalue weighted by Gasteiger charge is 2.12. The van der Waals surface area contributed by atoms with Crippen molar-refractivity contribution in [2.75, 3.05) is 0 Å². The largest absolute Gasteiger partial charge is 0.379 e. The predicted octanol–water partition coefficient (Wildman–Crippen LogP) is 3.67. The van der Waals surface area contributed by atoms with E-state index in [0.717, 1.165) is 22.5 Å². The predicted molar refractivity (Wildman–Crippen MR) is 92.2 cm³/mol. The first-order chi connectivity index (χ1) is 10.7. The van der Waals surface area contributed by atoms with Gasteiger partial charge >= 0.3 is 0 Å². The summed E-state index contributed by atoms with van der Waals surface area (Å²) in [5, 5.41) is 12.2. The Hall–Kier alpha value is -2.53. The number of nitrogens with zero attached hydrogens (tertiary/aromatic N) is 2. The lowest BCUT2D eigenvalue weighted by molar-refractivity contribution is 0.884. The van der Waals surface area contributed by atoms with Crippen LogP contribution in [0, 0.1) is 5.41 Å². The number of amidine groups is 1. The molecule has 0 bridgehead atoms. The zero-order valence-electron chi connectivity index (χ0n) is 11.9. The molecule has 110 valence electrons. The highest BCUT2D eigenvalue weighted by Crippen LogP contribution is 2.26. The van der Waals surface area contributed by atoms with E-state index in [0.29, 0.717) is 5.75 Å². The van der Waals surface area contributed by atoms with E-state index in [-0.39, 0.29) is 5.17 Å². The second-order valence-electron chi connectivity index (χ2n) is 4.80. The Morgan fingerprint density at radius 1 is 1.05 bits per heavy atom. The van der Waals surface area contributed by atoms with Crippen LogP contribution >= 0.6 is 11.8 Å². The molecular formula is C17H16N4S. The standard InChI is InChI=1S/C17H16N4S/c18-17(19)22-12-14-11-21(15-9-5-2-6-10-15)20-16(14)13-7-3-1-4-8-13/h1-11H,12H2,(H3,18,19). The molecule has 0 atom stereocenters. The summed E-state index contributed by atoms with van der Waals surface area (Å²) in [6, 6.07) is 20.1. The summed E-state index contributed by atoms with van der Waals surface area (Å²) in [4.78, 5) is 0. The maximum absolute atomic E-state index is 7.40. The summed E-state index contributed by atoms with van der Waals surface area (Å²) in [6.07, 6.45) is 2.01. The molecule has 4 nitrogen and oxygen atoms in total. The first kappa shape index (κ1) is 14.4. The molecule has 1 aromatic heterocycles. The summed E-state index contributed by atoms with van der Waals surface area (Å²) in [5.74, 6) is 0.631. The molecule has 3 N–H and O–H groups in total. The summed E-state index contributed by atoms with van der Waals surface area (Å²) in [7, 11) is 0. The molecule has 0 radical (unpaired) electrons. The number of rotatable bonds is 4. The normalized spacial score (nSPS) is 10.5. The van der Waals surface area contributed by atoms with Gasteiger partial charge in [-0.1, -0.05) is 60.3 Å². The zero-order chi connectivity index (χ0) is 15.4. The van der Waals surface area contributed by atoms with Gasteiger partial charge in [0.1, 0.15) is 0 Å². The first-order valence-corrected chi connectivity index (χ1v) is 7.89. The average molecular weight is 308 g/mol. The van der Waals surface area contributed by atoms with Crippen LogP contribution in [0.25, 0.3) is 16.9 Å². The highest BCUT2D eigenvalue weighted by atomic mass is 32.2. The van der Waals surface area contributed by atoms with Crippen LogP contribution in [0.5, 0.6) is 0 Å². The number of nitrogens with two attached hydrogens (primary N) is 1. The fraction of sp³-hybridized carbons (Fsp3) is 0.0588. The number of hydrogen-bond donors (Lipinski definition) is 2. The Morgan fingerprint density at radius 2 is 1.68 bits per heavy atom. The molecule has 0 saturated carbocycles. The minimum atomic E-state index is 0.117. The Bertz CT molecular complexity index is 766. The SMILES string of the molecule is N=C(N)SCc1cn(-c2ccccc2)nc1-c1ccccc1. The van der Waals surface area contributed by atoms with Gasteiger partial charge in [0.15, 0.2) is 5.17 Å². The van der Waals surface area contributed by atoms with Gasteiger partial charge in [0.2, 0.25) is 0 Å². The highest BCUT2D eigenvalue weighted by molar-refractivity contribution is 8.13. The molecule has 0 spiro atoms. The molecule has 0 saturated heterocycles. The molecule has 0 unspecified atom stereocenters. The van der Waals surface area contributed by atoms with Gasteiger partial charge in [0, 0.05) is 23.1 Å². The van der Waals surface area contributed by atoms with E-state index >= 15 is 0 Å². The molecule has 0 fully saturated rings. The van der Waals surface area contributed by atoms with Gasteiger partial charge in [0.25, 0.3) is 0 Å². The van der Waals surface area contributed by atoms with Crippen molar-refractivity contribution in [2.24, 2.45) is 5.73 Å². The van der Waals surface area contributed by atoms with Gasteiger partial charge in [-0.15, -0.1) is 0 Å². The molecule has 0 amide bonds. The summed E-state index contributed by atoms with van der Waals surface area (Å²) in [5.41, 5.74) is 9.54. The van der Waals surface area contributed by atoms with Crippen molar-refractivity contribution in [1.29, 1.82) is 5.41 Å². The van der Waals surface area contributed by atoms with Crippen molar-refractivity contribution in [1.82, 2.24) is 9.78 Å². The third-order valence-electron chi connectivity index (χ3n) is 3.24. The lowest BCUT2D eigenvalue weighted by Crippen LogP contribution is -2.03. The van der Waals surface area contributed by atoms with E-state index in [4.69, 9.17) is 16.2 Å². The second kappa shape index (κ2) is 6.49. The molecule has 5 heteroatoms. The molecule has 3 rings (SSSR count). The Morgan fingerprint density at radius 3 is 2.32 bits per heavy atom. The van der Waals surface area contributed by atoms with Crippen molar-refractivity contribution < 1.29 is 0 Å². The molecule has 0 aliphatic rings. The topological polar surface area (TPSA) is 67.7 Å². The van der Waals surface area contributed by atoms with Crippen LogP contribution < -0.4 is 5.73 Å². The molecular weight excluding hydrogens is 292 g/mol. The van der Waals surface area contributed by atoms with Gasteiger partial charge < -0.3 is 5.73 Å². The Kier molecular flexibility index (Phi) is 4.25. The smallest absolute Gasteiger partial charge is 0.151 e. The monoisotopic (exact) mass is 308 g/mol. The summed E-state index contributed by atoms with van der Waals surface area (Å²) >= 11 is 1.31. The van der Waals surface area contributed by atoms with Gasteiger partial charge in [-0.2, -0.15) is 5.10 Å². The maximum Gasteiger partial charge on any atom is 0.151 e. The molecule has 3 aromatic rings. The van der Waals surface area contributed by atoms with E-state index in [9.17, 15) is 0 Å². The summed E-state index contributed by atoms with van der Waals surface area (Å²) < 4.78 is 1.87. The van der Waals surface area contributed by atoms with Crippen LogP contribution in [0.15, 0.2) is 66.9 Å². The Balaban J connectivity index is 2.03. The average Bonchev–Trinajstić information content (AvgIpc) is 2.99. The van der Waals surface area contributed by atoms with Crippen LogP contribution in [-0.4, -0.2) is 14.9 Å². The summed E-state index contributed by atoms with van der Waals surface area (Å²) in [6.45, 7) is 0. The van der Waals surface area contributed by atoms with Gasteiger partial charge in [-0.3, -0.25) is 5.41 Å². The number of hydrogen-bond acceptors (Lipinski definition) is 3. The Labute approximate surface area is 133 Å². The van der Waals surface area contributed by atoms with Crippen molar-refractivity contribution in [3.8, 4) is 16.9 Å². The van der Waals surface area contributed by atoms with Gasteiger partial charge in [-0.25, -0.2) is 4.68 Å². The maximum atomic E-state index is 7.40. The number of aromatic nitrogens is 2. The van der Waals surface area contributed by atoms with Crippen molar-refractivity contribution >= 4 is 16.9 Å². The first-order valence-electron chi connectivity index (χ1n) is 6.90. The van der Waals surface area contributed by atoms with Crippen molar-refractivity contribution in [3.63, 3.8) is 0 Å². The minimum Gasteiger partial charge on any atom is -0.379 e. The fourth-order valence-corrected chi connectivity index (χ4v) is 2.75. The van der Waals surface area contributed by atoms with Gasteiger partial charge in [-0.05, 0) is 12.1 Å². The molecule has 0 aliphatic carbocycles. The quantitative estimate of drug-likeness (QED) is 0.571.